The third-order valence-electron chi connectivity index (χ3n) is 3.63. The van der Waals surface area contributed by atoms with E-state index in [2.05, 4.69) is 36.5 Å². The number of benzene rings is 1. The summed E-state index contributed by atoms with van der Waals surface area (Å²) in [6, 6.07) is 8.67. The van der Waals surface area contributed by atoms with Gasteiger partial charge in [-0.2, -0.15) is 0 Å². The van der Waals surface area contributed by atoms with Gasteiger partial charge in [0.15, 0.2) is 0 Å². The molecule has 2 rings (SSSR count). The van der Waals surface area contributed by atoms with Crippen molar-refractivity contribution in [2.75, 3.05) is 19.7 Å². The summed E-state index contributed by atoms with van der Waals surface area (Å²) in [6.07, 6.45) is 6.58. The van der Waals surface area contributed by atoms with Crippen LogP contribution in [0.2, 0.25) is 0 Å². The van der Waals surface area contributed by atoms with Gasteiger partial charge >= 0.3 is 0 Å². The van der Waals surface area contributed by atoms with Crippen molar-refractivity contribution >= 4 is 0 Å². The summed E-state index contributed by atoms with van der Waals surface area (Å²) in [7, 11) is 0. The topological polar surface area (TPSA) is 21.3 Å². The third kappa shape index (κ3) is 3.82. The molecule has 0 saturated carbocycles. The molecule has 0 bridgehead atoms. The van der Waals surface area contributed by atoms with Gasteiger partial charge in [0, 0.05) is 6.54 Å². The number of unbranched alkanes of at least 4 members (excludes halogenated alkanes) is 3. The van der Waals surface area contributed by atoms with Gasteiger partial charge in [0.25, 0.3) is 0 Å². The lowest BCUT2D eigenvalue weighted by atomic mass is 9.97. The molecule has 1 aromatic rings. The molecule has 2 nitrogen and oxygen atoms in total. The smallest absolute Gasteiger partial charge is 0.0952 e. The van der Waals surface area contributed by atoms with Crippen LogP contribution >= 0.6 is 0 Å². The SMILES string of the molecule is CCCCCCNCC1OCCc2ccccc21. The maximum atomic E-state index is 5.87. The molecule has 1 heterocycles. The molecule has 0 aromatic heterocycles. The summed E-state index contributed by atoms with van der Waals surface area (Å²) < 4.78 is 5.87. The van der Waals surface area contributed by atoms with E-state index in [0.717, 1.165) is 26.1 Å². The lowest BCUT2D eigenvalue weighted by Crippen LogP contribution is -2.28. The van der Waals surface area contributed by atoms with Crippen LogP contribution in [0.5, 0.6) is 0 Å². The monoisotopic (exact) mass is 247 g/mol. The molecule has 1 aromatic carbocycles. The van der Waals surface area contributed by atoms with Crippen molar-refractivity contribution < 1.29 is 4.74 Å². The second-order valence-corrected chi connectivity index (χ2v) is 5.07. The van der Waals surface area contributed by atoms with Crippen LogP contribution in [0.3, 0.4) is 0 Å². The number of rotatable bonds is 7. The van der Waals surface area contributed by atoms with E-state index in [0.29, 0.717) is 0 Å². The Bertz CT molecular complexity index is 351. The third-order valence-corrected chi connectivity index (χ3v) is 3.63. The van der Waals surface area contributed by atoms with Gasteiger partial charge < -0.3 is 10.1 Å². The van der Waals surface area contributed by atoms with Crippen LogP contribution in [0.25, 0.3) is 0 Å². The lowest BCUT2D eigenvalue weighted by Gasteiger charge is -2.26. The van der Waals surface area contributed by atoms with Gasteiger partial charge in [-0.1, -0.05) is 50.5 Å². The molecule has 0 saturated heterocycles. The molecule has 0 aliphatic carbocycles. The molecular formula is C16H25NO. The van der Waals surface area contributed by atoms with Gasteiger partial charge in [-0.05, 0) is 30.5 Å². The van der Waals surface area contributed by atoms with Crippen molar-refractivity contribution in [3.05, 3.63) is 35.4 Å². The summed E-state index contributed by atoms with van der Waals surface area (Å²) >= 11 is 0. The molecule has 1 atom stereocenters. The Kier molecular flexibility index (Phi) is 5.69. The number of nitrogens with one attached hydrogen (secondary N) is 1. The van der Waals surface area contributed by atoms with Crippen LogP contribution in [0.4, 0.5) is 0 Å². The van der Waals surface area contributed by atoms with E-state index >= 15 is 0 Å². The average Bonchev–Trinajstić information content (AvgIpc) is 2.43. The predicted molar refractivity (Wildman–Crippen MR) is 75.9 cm³/mol. The van der Waals surface area contributed by atoms with Crippen molar-refractivity contribution in [3.63, 3.8) is 0 Å². The average molecular weight is 247 g/mol. The normalized spacial score (nSPS) is 18.6. The maximum Gasteiger partial charge on any atom is 0.0952 e. The predicted octanol–water partition coefficient (Wildman–Crippen LogP) is 3.47. The Labute approximate surface area is 111 Å². The fraction of sp³-hybridized carbons (Fsp3) is 0.625. The van der Waals surface area contributed by atoms with Crippen molar-refractivity contribution in [1.29, 1.82) is 0 Å². The van der Waals surface area contributed by atoms with E-state index in [1.165, 1.54) is 36.8 Å². The van der Waals surface area contributed by atoms with Crippen LogP contribution in [-0.4, -0.2) is 19.7 Å². The Hall–Kier alpha value is -0.860. The van der Waals surface area contributed by atoms with E-state index in [1.54, 1.807) is 0 Å². The van der Waals surface area contributed by atoms with Gasteiger partial charge in [0.1, 0.15) is 0 Å². The molecule has 1 N–H and O–H groups in total. The summed E-state index contributed by atoms with van der Waals surface area (Å²) in [5, 5.41) is 3.53. The van der Waals surface area contributed by atoms with Gasteiger partial charge in [-0.25, -0.2) is 0 Å². The van der Waals surface area contributed by atoms with Crippen molar-refractivity contribution in [2.45, 2.75) is 45.1 Å². The molecule has 1 aliphatic heterocycles. The zero-order valence-electron chi connectivity index (χ0n) is 11.5. The van der Waals surface area contributed by atoms with Crippen LogP contribution in [0, 0.1) is 0 Å². The lowest BCUT2D eigenvalue weighted by molar-refractivity contribution is 0.0426. The number of hydrogen-bond acceptors (Lipinski definition) is 2. The fourth-order valence-electron chi connectivity index (χ4n) is 2.56. The first-order chi connectivity index (χ1) is 8.92. The highest BCUT2D eigenvalue weighted by molar-refractivity contribution is 5.31. The summed E-state index contributed by atoms with van der Waals surface area (Å²) in [6.45, 7) is 5.17. The quantitative estimate of drug-likeness (QED) is 0.745. The molecule has 18 heavy (non-hydrogen) atoms. The summed E-state index contributed by atoms with van der Waals surface area (Å²) in [4.78, 5) is 0. The summed E-state index contributed by atoms with van der Waals surface area (Å²) in [5.41, 5.74) is 2.84. The molecule has 0 spiro atoms. The van der Waals surface area contributed by atoms with Crippen LogP contribution in [-0.2, 0) is 11.2 Å². The molecule has 0 fully saturated rings. The van der Waals surface area contributed by atoms with E-state index in [-0.39, 0.29) is 6.10 Å². The number of ether oxygens (including phenoxy) is 1. The molecule has 2 heteroatoms. The minimum absolute atomic E-state index is 0.251. The Morgan fingerprint density at radius 3 is 3.00 bits per heavy atom. The summed E-state index contributed by atoms with van der Waals surface area (Å²) in [5.74, 6) is 0. The first-order valence-corrected chi connectivity index (χ1v) is 7.32. The Morgan fingerprint density at radius 2 is 2.11 bits per heavy atom. The molecule has 1 aliphatic rings. The van der Waals surface area contributed by atoms with Gasteiger partial charge in [-0.3, -0.25) is 0 Å². The highest BCUT2D eigenvalue weighted by Gasteiger charge is 2.19. The van der Waals surface area contributed by atoms with Crippen molar-refractivity contribution in [2.24, 2.45) is 0 Å². The molecule has 0 radical (unpaired) electrons. The van der Waals surface area contributed by atoms with Crippen molar-refractivity contribution in [3.8, 4) is 0 Å². The van der Waals surface area contributed by atoms with E-state index < -0.39 is 0 Å². The molecule has 1 unspecified atom stereocenters. The van der Waals surface area contributed by atoms with E-state index in [1.807, 2.05) is 0 Å². The standard InChI is InChI=1S/C16H25NO/c1-2-3-4-7-11-17-13-16-15-9-6-5-8-14(15)10-12-18-16/h5-6,8-9,16-17H,2-4,7,10-13H2,1H3. The minimum Gasteiger partial charge on any atom is -0.372 e. The Morgan fingerprint density at radius 1 is 1.22 bits per heavy atom. The first-order valence-electron chi connectivity index (χ1n) is 7.32. The Balaban J connectivity index is 1.74. The van der Waals surface area contributed by atoms with Crippen LogP contribution < -0.4 is 5.32 Å². The largest absolute Gasteiger partial charge is 0.372 e. The molecule has 0 amide bonds. The first kappa shape index (κ1) is 13.6. The molecule has 100 valence electrons. The zero-order valence-corrected chi connectivity index (χ0v) is 11.5. The van der Waals surface area contributed by atoms with E-state index in [4.69, 9.17) is 4.74 Å². The fourth-order valence-corrected chi connectivity index (χ4v) is 2.56. The highest BCUT2D eigenvalue weighted by atomic mass is 16.5. The van der Waals surface area contributed by atoms with Gasteiger partial charge in [-0.15, -0.1) is 0 Å². The van der Waals surface area contributed by atoms with Gasteiger partial charge in [0.05, 0.1) is 12.7 Å². The maximum absolute atomic E-state index is 5.87. The second kappa shape index (κ2) is 7.55. The number of fused-ring (bicyclic) bond motifs is 1. The van der Waals surface area contributed by atoms with Crippen LogP contribution in [0.1, 0.15) is 49.8 Å². The molecular weight excluding hydrogens is 222 g/mol. The second-order valence-electron chi connectivity index (χ2n) is 5.07. The van der Waals surface area contributed by atoms with E-state index in [9.17, 15) is 0 Å². The van der Waals surface area contributed by atoms with Crippen molar-refractivity contribution in [1.82, 2.24) is 5.32 Å². The highest BCUT2D eigenvalue weighted by Crippen LogP contribution is 2.26. The number of hydrogen-bond donors (Lipinski definition) is 1. The minimum atomic E-state index is 0.251. The van der Waals surface area contributed by atoms with Gasteiger partial charge in [0.2, 0.25) is 0 Å². The van der Waals surface area contributed by atoms with Crippen LogP contribution in [0.15, 0.2) is 24.3 Å². The zero-order chi connectivity index (χ0) is 12.6.